The van der Waals surface area contributed by atoms with Gasteiger partial charge in [0.15, 0.2) is 0 Å². The zero-order chi connectivity index (χ0) is 13.9. The lowest BCUT2D eigenvalue weighted by Gasteiger charge is -2.39. The smallest absolute Gasteiger partial charge is 0.306 e. The number of carboxylic acids is 2. The Kier molecular flexibility index (Phi) is 5.17. The van der Waals surface area contributed by atoms with Gasteiger partial charge in [0.1, 0.15) is 0 Å². The summed E-state index contributed by atoms with van der Waals surface area (Å²) >= 11 is 0. The van der Waals surface area contributed by atoms with Crippen molar-refractivity contribution < 1.29 is 19.8 Å². The molecule has 0 aromatic rings. The van der Waals surface area contributed by atoms with Crippen molar-refractivity contribution in [2.75, 3.05) is 0 Å². The van der Waals surface area contributed by atoms with Gasteiger partial charge in [-0.1, -0.05) is 34.6 Å². The van der Waals surface area contributed by atoms with Crippen LogP contribution in [0, 0.1) is 16.7 Å². The van der Waals surface area contributed by atoms with Gasteiger partial charge in [-0.05, 0) is 23.7 Å². The highest BCUT2D eigenvalue weighted by Gasteiger charge is 2.39. The molecule has 0 radical (unpaired) electrons. The van der Waals surface area contributed by atoms with E-state index in [0.717, 1.165) is 6.42 Å². The molecule has 0 aromatic heterocycles. The SMILES string of the molecule is CCC(C)(CC(C)(C)CC(=O)O)C(C)C(=O)O. The Morgan fingerprint density at radius 3 is 1.94 bits per heavy atom. The van der Waals surface area contributed by atoms with Crippen LogP contribution in [0.15, 0.2) is 0 Å². The molecule has 0 aromatic carbocycles. The quantitative estimate of drug-likeness (QED) is 0.722. The van der Waals surface area contributed by atoms with E-state index >= 15 is 0 Å². The van der Waals surface area contributed by atoms with Gasteiger partial charge in [-0.15, -0.1) is 0 Å². The third-order valence-corrected chi connectivity index (χ3v) is 3.74. The summed E-state index contributed by atoms with van der Waals surface area (Å²) in [7, 11) is 0. The predicted molar refractivity (Wildman–Crippen MR) is 65.8 cm³/mol. The first-order chi connectivity index (χ1) is 7.54. The highest BCUT2D eigenvalue weighted by Crippen LogP contribution is 2.43. The average Bonchev–Trinajstić information content (AvgIpc) is 2.13. The van der Waals surface area contributed by atoms with Crippen molar-refractivity contribution in [2.24, 2.45) is 16.7 Å². The van der Waals surface area contributed by atoms with Gasteiger partial charge in [0, 0.05) is 0 Å². The maximum absolute atomic E-state index is 11.1. The van der Waals surface area contributed by atoms with Crippen molar-refractivity contribution in [3.63, 3.8) is 0 Å². The van der Waals surface area contributed by atoms with Crippen molar-refractivity contribution in [1.82, 2.24) is 0 Å². The number of aliphatic carboxylic acids is 2. The summed E-state index contributed by atoms with van der Waals surface area (Å²) in [5.74, 6) is -2.13. The lowest BCUT2D eigenvalue weighted by atomic mass is 9.65. The average molecular weight is 244 g/mol. The van der Waals surface area contributed by atoms with Gasteiger partial charge < -0.3 is 10.2 Å². The molecule has 0 aliphatic carbocycles. The fraction of sp³-hybridized carbons (Fsp3) is 0.846. The molecule has 0 aliphatic rings. The second-order valence-electron chi connectivity index (χ2n) is 5.98. The molecule has 0 fully saturated rings. The van der Waals surface area contributed by atoms with Crippen molar-refractivity contribution in [3.05, 3.63) is 0 Å². The summed E-state index contributed by atoms with van der Waals surface area (Å²) in [6.07, 6.45) is 1.38. The molecule has 0 saturated heterocycles. The monoisotopic (exact) mass is 244 g/mol. The third kappa shape index (κ3) is 4.75. The summed E-state index contributed by atoms with van der Waals surface area (Å²) < 4.78 is 0. The molecule has 0 spiro atoms. The molecule has 0 amide bonds. The maximum Gasteiger partial charge on any atom is 0.306 e. The predicted octanol–water partition coefficient (Wildman–Crippen LogP) is 3.01. The summed E-state index contributed by atoms with van der Waals surface area (Å²) in [4.78, 5) is 21.9. The van der Waals surface area contributed by atoms with Crippen molar-refractivity contribution in [3.8, 4) is 0 Å². The maximum atomic E-state index is 11.1. The van der Waals surface area contributed by atoms with E-state index in [1.54, 1.807) is 6.92 Å². The lowest BCUT2D eigenvalue weighted by Crippen LogP contribution is -2.36. The molecular weight excluding hydrogens is 220 g/mol. The van der Waals surface area contributed by atoms with Crippen LogP contribution in [-0.2, 0) is 9.59 Å². The fourth-order valence-electron chi connectivity index (χ4n) is 2.45. The molecule has 0 aliphatic heterocycles. The van der Waals surface area contributed by atoms with E-state index in [9.17, 15) is 9.59 Å². The second kappa shape index (κ2) is 5.52. The number of hydrogen-bond donors (Lipinski definition) is 2. The van der Waals surface area contributed by atoms with E-state index in [2.05, 4.69) is 0 Å². The lowest BCUT2D eigenvalue weighted by molar-refractivity contribution is -0.146. The first-order valence-electron chi connectivity index (χ1n) is 5.99. The van der Waals surface area contributed by atoms with Crippen LogP contribution in [0.1, 0.15) is 53.9 Å². The van der Waals surface area contributed by atoms with E-state index in [-0.39, 0.29) is 17.3 Å². The molecule has 100 valence electrons. The normalized spacial score (nSPS) is 17.2. The van der Waals surface area contributed by atoms with Crippen LogP contribution in [0.4, 0.5) is 0 Å². The van der Waals surface area contributed by atoms with Crippen LogP contribution in [-0.4, -0.2) is 22.2 Å². The van der Waals surface area contributed by atoms with Crippen LogP contribution in [0.3, 0.4) is 0 Å². The molecule has 2 atom stereocenters. The molecule has 2 N–H and O–H groups in total. The largest absolute Gasteiger partial charge is 0.481 e. The molecule has 0 bridgehead atoms. The van der Waals surface area contributed by atoms with Gasteiger partial charge in [-0.2, -0.15) is 0 Å². The van der Waals surface area contributed by atoms with Crippen molar-refractivity contribution in [2.45, 2.75) is 53.9 Å². The van der Waals surface area contributed by atoms with Crippen LogP contribution in [0.25, 0.3) is 0 Å². The van der Waals surface area contributed by atoms with E-state index in [4.69, 9.17) is 10.2 Å². The van der Waals surface area contributed by atoms with Crippen molar-refractivity contribution in [1.29, 1.82) is 0 Å². The molecule has 2 unspecified atom stereocenters. The zero-order valence-corrected chi connectivity index (χ0v) is 11.4. The Bertz CT molecular complexity index is 296. The molecular formula is C13H24O4. The van der Waals surface area contributed by atoms with Crippen LogP contribution in [0.2, 0.25) is 0 Å². The fourth-order valence-corrected chi connectivity index (χ4v) is 2.45. The van der Waals surface area contributed by atoms with E-state index < -0.39 is 17.9 Å². The van der Waals surface area contributed by atoms with E-state index in [1.807, 2.05) is 27.7 Å². The minimum absolute atomic E-state index is 0.0644. The number of carbonyl (C=O) groups is 2. The highest BCUT2D eigenvalue weighted by molar-refractivity contribution is 5.70. The Morgan fingerprint density at radius 1 is 1.18 bits per heavy atom. The molecule has 17 heavy (non-hydrogen) atoms. The van der Waals surface area contributed by atoms with Gasteiger partial charge in [-0.3, -0.25) is 9.59 Å². The Morgan fingerprint density at radius 2 is 1.65 bits per heavy atom. The Balaban J connectivity index is 4.90. The highest BCUT2D eigenvalue weighted by atomic mass is 16.4. The minimum atomic E-state index is -0.837. The number of hydrogen-bond acceptors (Lipinski definition) is 2. The topological polar surface area (TPSA) is 74.6 Å². The first kappa shape index (κ1) is 15.9. The van der Waals surface area contributed by atoms with E-state index in [1.165, 1.54) is 0 Å². The first-order valence-corrected chi connectivity index (χ1v) is 5.99. The van der Waals surface area contributed by atoms with Crippen LogP contribution in [0.5, 0.6) is 0 Å². The summed E-state index contributed by atoms with van der Waals surface area (Å²) in [6, 6.07) is 0. The summed E-state index contributed by atoms with van der Waals surface area (Å²) in [5.41, 5.74) is -0.759. The van der Waals surface area contributed by atoms with Crippen LogP contribution < -0.4 is 0 Å². The molecule has 4 heteroatoms. The summed E-state index contributed by atoms with van der Waals surface area (Å²) in [5, 5.41) is 18.0. The Hall–Kier alpha value is -1.06. The number of carboxylic acid groups (broad SMARTS) is 2. The molecule has 0 rings (SSSR count). The Labute approximate surface area is 103 Å². The van der Waals surface area contributed by atoms with Crippen molar-refractivity contribution >= 4 is 11.9 Å². The van der Waals surface area contributed by atoms with Gasteiger partial charge in [-0.25, -0.2) is 0 Å². The molecule has 0 saturated carbocycles. The van der Waals surface area contributed by atoms with Gasteiger partial charge >= 0.3 is 11.9 Å². The minimum Gasteiger partial charge on any atom is -0.481 e. The molecule has 0 heterocycles. The second-order valence-corrected chi connectivity index (χ2v) is 5.98. The zero-order valence-electron chi connectivity index (χ0n) is 11.4. The van der Waals surface area contributed by atoms with Crippen LogP contribution >= 0.6 is 0 Å². The van der Waals surface area contributed by atoms with E-state index in [0.29, 0.717) is 6.42 Å². The number of rotatable bonds is 7. The summed E-state index contributed by atoms with van der Waals surface area (Å²) in [6.45, 7) is 9.33. The third-order valence-electron chi connectivity index (χ3n) is 3.74. The van der Waals surface area contributed by atoms with Gasteiger partial charge in [0.2, 0.25) is 0 Å². The van der Waals surface area contributed by atoms with Gasteiger partial charge in [0.05, 0.1) is 12.3 Å². The molecule has 4 nitrogen and oxygen atoms in total. The van der Waals surface area contributed by atoms with Gasteiger partial charge in [0.25, 0.3) is 0 Å². The standard InChI is InChI=1S/C13H24O4/c1-6-13(5,9(2)11(16)17)8-12(3,4)7-10(14)15/h9H,6-8H2,1-5H3,(H,14,15)(H,16,17).